The Morgan fingerprint density at radius 1 is 1.12 bits per heavy atom. The van der Waals surface area contributed by atoms with Crippen LogP contribution in [0, 0.1) is 0 Å². The average molecular weight is 580 g/mol. The number of anilines is 2. The second-order valence-corrected chi connectivity index (χ2v) is 12.2. The van der Waals surface area contributed by atoms with Gasteiger partial charge in [-0.1, -0.05) is 0 Å². The molecule has 1 aromatic carbocycles. The summed E-state index contributed by atoms with van der Waals surface area (Å²) in [6, 6.07) is 8.54. The van der Waals surface area contributed by atoms with E-state index < -0.39 is 27.5 Å². The third-order valence-electron chi connectivity index (χ3n) is 7.13. The zero-order valence-electron chi connectivity index (χ0n) is 22.2. The summed E-state index contributed by atoms with van der Waals surface area (Å²) >= 11 is 0. The Labute approximate surface area is 231 Å². The topological polar surface area (TPSA) is 101 Å². The second-order valence-electron chi connectivity index (χ2n) is 9.90. The molecule has 0 atom stereocenters. The summed E-state index contributed by atoms with van der Waals surface area (Å²) in [5.74, 6) is 0.820. The number of hydrogen-bond acceptors (Lipinski definition) is 8. The van der Waals surface area contributed by atoms with Gasteiger partial charge in [-0.25, -0.2) is 18.4 Å². The van der Waals surface area contributed by atoms with E-state index in [2.05, 4.69) is 20.2 Å². The van der Waals surface area contributed by atoms with Crippen molar-refractivity contribution in [2.45, 2.75) is 45.3 Å². The van der Waals surface area contributed by atoms with Crippen molar-refractivity contribution in [3.8, 4) is 17.2 Å². The molecule has 1 N–H and O–H groups in total. The molecule has 0 amide bonds. The Morgan fingerprint density at radius 3 is 2.58 bits per heavy atom. The minimum absolute atomic E-state index is 0.0320. The lowest BCUT2D eigenvalue weighted by Crippen LogP contribution is -2.36. The van der Waals surface area contributed by atoms with Crippen molar-refractivity contribution in [1.29, 1.82) is 0 Å². The molecule has 2 aliphatic heterocycles. The Kier molecular flexibility index (Phi) is 8.34. The smallest absolute Gasteiger partial charge is 0.420 e. The average Bonchev–Trinajstić information content (AvgIpc) is 3.61. The van der Waals surface area contributed by atoms with Crippen molar-refractivity contribution in [3.63, 3.8) is 0 Å². The van der Waals surface area contributed by atoms with Crippen LogP contribution >= 0.6 is 0 Å². The molecule has 3 aromatic rings. The van der Waals surface area contributed by atoms with Gasteiger partial charge in [0, 0.05) is 25.0 Å². The third kappa shape index (κ3) is 6.58. The van der Waals surface area contributed by atoms with Crippen molar-refractivity contribution in [3.05, 3.63) is 53.4 Å². The number of ether oxygens (including phenoxy) is 1. The second kappa shape index (κ2) is 11.8. The zero-order valence-corrected chi connectivity index (χ0v) is 23.0. The van der Waals surface area contributed by atoms with E-state index in [0.29, 0.717) is 35.8 Å². The first-order chi connectivity index (χ1) is 19.1. The molecule has 2 aliphatic rings. The molecule has 216 valence electrons. The first-order valence-corrected chi connectivity index (χ1v) is 15.0. The van der Waals surface area contributed by atoms with E-state index in [1.54, 1.807) is 31.2 Å². The van der Waals surface area contributed by atoms with Crippen LogP contribution in [0.15, 0.2) is 40.9 Å². The number of furan rings is 1. The molecule has 1 fully saturated rings. The van der Waals surface area contributed by atoms with E-state index in [1.807, 2.05) is 0 Å². The van der Waals surface area contributed by atoms with Crippen LogP contribution in [0.5, 0.6) is 5.75 Å². The lowest BCUT2D eigenvalue weighted by Gasteiger charge is -2.24. The predicted octanol–water partition coefficient (Wildman–Crippen LogP) is 5.07. The number of likely N-dealkylation sites (tertiary alicyclic amines) is 1. The lowest BCUT2D eigenvalue weighted by atomic mass is 10.1. The first kappa shape index (κ1) is 28.4. The molecule has 0 saturated carbocycles. The fourth-order valence-electron chi connectivity index (χ4n) is 4.92. The molecule has 0 unspecified atom stereocenters. The molecule has 2 aromatic heterocycles. The van der Waals surface area contributed by atoms with Gasteiger partial charge in [-0.15, -0.1) is 0 Å². The minimum atomic E-state index is -4.72. The summed E-state index contributed by atoms with van der Waals surface area (Å²) in [7, 11) is -3.46. The van der Waals surface area contributed by atoms with E-state index >= 15 is 0 Å². The third-order valence-corrected chi connectivity index (χ3v) is 8.96. The maximum Gasteiger partial charge on any atom is 0.420 e. The predicted molar refractivity (Wildman–Crippen MR) is 144 cm³/mol. The van der Waals surface area contributed by atoms with Crippen LogP contribution in [-0.4, -0.2) is 66.1 Å². The Hall–Kier alpha value is -3.16. The van der Waals surface area contributed by atoms with Crippen LogP contribution in [0.2, 0.25) is 0 Å². The van der Waals surface area contributed by atoms with Crippen molar-refractivity contribution in [1.82, 2.24) is 19.2 Å². The quantitative estimate of drug-likeness (QED) is 0.332. The van der Waals surface area contributed by atoms with Gasteiger partial charge in [-0.05, 0) is 81.6 Å². The summed E-state index contributed by atoms with van der Waals surface area (Å²) < 4.78 is 79.0. The summed E-state index contributed by atoms with van der Waals surface area (Å²) in [6.07, 6.45) is -0.210. The number of fused-ring (bicyclic) bond motifs is 1. The molecule has 13 heteroatoms. The molecule has 0 radical (unpaired) electrons. The number of rotatable bonds is 10. The van der Waals surface area contributed by atoms with Crippen molar-refractivity contribution in [2.75, 3.05) is 43.9 Å². The van der Waals surface area contributed by atoms with Gasteiger partial charge >= 0.3 is 6.18 Å². The lowest BCUT2D eigenvalue weighted by molar-refractivity contribution is -0.137. The van der Waals surface area contributed by atoms with Gasteiger partial charge in [0.15, 0.2) is 5.76 Å². The Bertz CT molecular complexity index is 1420. The number of nitrogens with one attached hydrogen (secondary N) is 1. The maximum absolute atomic E-state index is 13.9. The Morgan fingerprint density at radius 2 is 1.88 bits per heavy atom. The fraction of sp³-hybridized carbons (Fsp3) is 0.481. The highest BCUT2D eigenvalue weighted by atomic mass is 32.2. The van der Waals surface area contributed by atoms with E-state index in [4.69, 9.17) is 9.15 Å². The van der Waals surface area contributed by atoms with Crippen LogP contribution in [0.3, 0.4) is 0 Å². The number of halogens is 3. The molecule has 0 aliphatic carbocycles. The summed E-state index contributed by atoms with van der Waals surface area (Å²) in [6.45, 7) is 5.67. The van der Waals surface area contributed by atoms with Crippen molar-refractivity contribution >= 4 is 21.7 Å². The molecule has 1 saturated heterocycles. The molecule has 0 spiro atoms. The minimum Gasteiger partial charge on any atom is -0.494 e. The summed E-state index contributed by atoms with van der Waals surface area (Å²) in [5.41, 5.74) is -0.216. The molecule has 5 rings (SSSR count). The monoisotopic (exact) mass is 579 g/mol. The van der Waals surface area contributed by atoms with Gasteiger partial charge < -0.3 is 19.4 Å². The number of sulfonamides is 1. The molecule has 4 heterocycles. The van der Waals surface area contributed by atoms with Gasteiger partial charge in [0.25, 0.3) is 0 Å². The highest BCUT2D eigenvalue weighted by Crippen LogP contribution is 2.38. The normalized spacial score (nSPS) is 16.7. The van der Waals surface area contributed by atoms with Gasteiger partial charge in [-0.2, -0.15) is 17.5 Å². The SMILES string of the molecule is CCS(=O)(=O)N1CCc2cc(-c3nc(Nc4ccc(OCCCN5CCCC5)cc4)ncc3C(F)(F)F)oc2C1. The zero-order chi connectivity index (χ0) is 28.3. The molecular weight excluding hydrogens is 547 g/mol. The van der Waals surface area contributed by atoms with Crippen LogP contribution in [-0.2, 0) is 29.2 Å². The fourth-order valence-corrected chi connectivity index (χ4v) is 5.97. The molecular formula is C27H32F3N5O4S. The molecule has 9 nitrogen and oxygen atoms in total. The largest absolute Gasteiger partial charge is 0.494 e. The number of aromatic nitrogens is 2. The van der Waals surface area contributed by atoms with Crippen LogP contribution in [0.4, 0.5) is 24.8 Å². The maximum atomic E-state index is 13.9. The first-order valence-electron chi connectivity index (χ1n) is 13.4. The standard InChI is InChI=1S/C27H32F3N5O4S/c1-2-40(36,37)35-14-10-19-16-23(39-24(19)18-35)25-22(27(28,29)30)17-31-26(33-25)32-20-6-8-21(9-7-20)38-15-5-13-34-11-3-4-12-34/h6-9,16-17H,2-5,10-15,18H2,1H3,(H,31,32,33). The van der Waals surface area contributed by atoms with Crippen LogP contribution in [0.25, 0.3) is 11.5 Å². The number of benzene rings is 1. The number of hydrogen-bond donors (Lipinski definition) is 1. The van der Waals surface area contributed by atoms with Crippen molar-refractivity contribution in [2.24, 2.45) is 0 Å². The highest BCUT2D eigenvalue weighted by molar-refractivity contribution is 7.89. The summed E-state index contributed by atoms with van der Waals surface area (Å²) in [4.78, 5) is 10.5. The van der Waals surface area contributed by atoms with Crippen LogP contribution in [0.1, 0.15) is 43.1 Å². The van der Waals surface area contributed by atoms with Gasteiger partial charge in [0.2, 0.25) is 16.0 Å². The van der Waals surface area contributed by atoms with E-state index in [9.17, 15) is 21.6 Å². The van der Waals surface area contributed by atoms with Gasteiger partial charge in [0.1, 0.15) is 22.8 Å². The van der Waals surface area contributed by atoms with Gasteiger partial charge in [-0.3, -0.25) is 0 Å². The Balaban J connectivity index is 1.29. The van der Waals surface area contributed by atoms with E-state index in [1.165, 1.54) is 23.2 Å². The van der Waals surface area contributed by atoms with Crippen LogP contribution < -0.4 is 10.1 Å². The highest BCUT2D eigenvalue weighted by Gasteiger charge is 2.37. The van der Waals surface area contributed by atoms with Gasteiger partial charge in [0.05, 0.1) is 18.9 Å². The number of nitrogens with zero attached hydrogens (tertiary/aromatic N) is 4. The summed E-state index contributed by atoms with van der Waals surface area (Å²) in [5, 5.41) is 2.94. The van der Waals surface area contributed by atoms with E-state index in [-0.39, 0.29) is 30.6 Å². The molecule has 0 bridgehead atoms. The molecule has 40 heavy (non-hydrogen) atoms. The number of alkyl halides is 3. The van der Waals surface area contributed by atoms with Crippen molar-refractivity contribution < 1.29 is 30.7 Å². The van der Waals surface area contributed by atoms with E-state index in [0.717, 1.165) is 32.3 Å².